The Kier molecular flexibility index (Phi) is 2.06. The van der Waals surface area contributed by atoms with Gasteiger partial charge in [-0.15, -0.1) is 0 Å². The molecular weight excluding hydrogens is 168 g/mol. The number of nitrogens with zero attached hydrogens (tertiary/aromatic N) is 1. The molecule has 1 N–H and O–H groups in total. The number of nitrogens with one attached hydrogen (secondary N) is 1. The van der Waals surface area contributed by atoms with Crippen LogP contribution in [0.1, 0.15) is 11.7 Å². The first-order valence-electron chi connectivity index (χ1n) is 4.29. The van der Waals surface area contributed by atoms with Gasteiger partial charge in [0.2, 0.25) is 0 Å². The highest BCUT2D eigenvalue weighted by atomic mass is 16.5. The van der Waals surface area contributed by atoms with Crippen LogP contribution in [-0.2, 0) is 16.1 Å². The van der Waals surface area contributed by atoms with Gasteiger partial charge in [-0.05, 0) is 12.1 Å². The van der Waals surface area contributed by atoms with E-state index in [0.29, 0.717) is 0 Å². The molecule has 1 aliphatic heterocycles. The van der Waals surface area contributed by atoms with Gasteiger partial charge in [-0.25, -0.2) is 4.79 Å². The van der Waals surface area contributed by atoms with Crippen LogP contribution in [-0.4, -0.2) is 24.2 Å². The Morgan fingerprint density at radius 3 is 3.38 bits per heavy atom. The molecule has 1 aliphatic rings. The molecule has 0 aliphatic carbocycles. The van der Waals surface area contributed by atoms with Gasteiger partial charge in [0.05, 0.1) is 7.11 Å². The van der Waals surface area contributed by atoms with Gasteiger partial charge in [-0.3, -0.25) is 5.32 Å². The molecule has 1 aromatic heterocycles. The molecule has 1 aromatic rings. The van der Waals surface area contributed by atoms with E-state index in [4.69, 9.17) is 4.74 Å². The third kappa shape index (κ3) is 1.33. The van der Waals surface area contributed by atoms with E-state index in [1.165, 1.54) is 7.11 Å². The summed E-state index contributed by atoms with van der Waals surface area (Å²) >= 11 is 0. The van der Waals surface area contributed by atoms with Crippen molar-refractivity contribution in [2.75, 3.05) is 13.7 Å². The van der Waals surface area contributed by atoms with E-state index < -0.39 is 0 Å². The highest BCUT2D eigenvalue weighted by Gasteiger charge is 2.26. The molecule has 0 saturated heterocycles. The van der Waals surface area contributed by atoms with Crippen LogP contribution < -0.4 is 5.32 Å². The van der Waals surface area contributed by atoms with Gasteiger partial charge in [-0.1, -0.05) is 0 Å². The van der Waals surface area contributed by atoms with Crippen molar-refractivity contribution in [3.63, 3.8) is 0 Å². The fraction of sp³-hybridized carbons (Fsp3) is 0.444. The molecule has 13 heavy (non-hydrogen) atoms. The van der Waals surface area contributed by atoms with Gasteiger partial charge >= 0.3 is 5.97 Å². The van der Waals surface area contributed by atoms with Crippen molar-refractivity contribution in [2.24, 2.45) is 0 Å². The summed E-state index contributed by atoms with van der Waals surface area (Å²) in [5.41, 5.74) is 0.984. The predicted molar refractivity (Wildman–Crippen MR) is 47.2 cm³/mol. The molecule has 4 heteroatoms. The zero-order valence-electron chi connectivity index (χ0n) is 7.49. The standard InChI is InChI=1S/C9H12N2O2/c1-13-9(12)8-7-3-2-5-11(7)6-4-10-8/h2-3,5,8,10H,4,6H2,1H3. The number of esters is 1. The molecule has 0 aromatic carbocycles. The molecule has 70 valence electrons. The Bertz CT molecular complexity index is 319. The van der Waals surface area contributed by atoms with Gasteiger partial charge in [0.15, 0.2) is 0 Å². The molecule has 2 rings (SSSR count). The summed E-state index contributed by atoms with van der Waals surface area (Å²) in [6.07, 6.45) is 1.98. The number of rotatable bonds is 1. The Labute approximate surface area is 76.5 Å². The number of methoxy groups -OCH3 is 1. The second-order valence-electron chi connectivity index (χ2n) is 3.04. The average molecular weight is 180 g/mol. The molecule has 1 unspecified atom stereocenters. The summed E-state index contributed by atoms with van der Waals surface area (Å²) in [5, 5.41) is 3.12. The molecule has 0 saturated carbocycles. The first-order valence-corrected chi connectivity index (χ1v) is 4.29. The minimum absolute atomic E-state index is 0.223. The predicted octanol–water partition coefficient (Wildman–Crippen LogP) is 0.305. The van der Waals surface area contributed by atoms with E-state index in [1.54, 1.807) is 0 Å². The van der Waals surface area contributed by atoms with E-state index >= 15 is 0 Å². The second kappa shape index (κ2) is 3.22. The first kappa shape index (κ1) is 8.31. The lowest BCUT2D eigenvalue weighted by atomic mass is 10.2. The molecule has 0 amide bonds. The Hall–Kier alpha value is -1.29. The van der Waals surface area contributed by atoms with E-state index in [0.717, 1.165) is 18.8 Å². The maximum atomic E-state index is 11.3. The molecule has 0 radical (unpaired) electrons. The highest BCUT2D eigenvalue weighted by Crippen LogP contribution is 2.18. The maximum Gasteiger partial charge on any atom is 0.329 e. The normalized spacial score (nSPS) is 20.8. The van der Waals surface area contributed by atoms with Crippen LogP contribution >= 0.6 is 0 Å². The number of aromatic nitrogens is 1. The first-order chi connectivity index (χ1) is 6.33. The third-order valence-corrected chi connectivity index (χ3v) is 2.30. The smallest absolute Gasteiger partial charge is 0.329 e. The van der Waals surface area contributed by atoms with Crippen LogP contribution in [0.2, 0.25) is 0 Å². The zero-order chi connectivity index (χ0) is 9.26. The summed E-state index contributed by atoms with van der Waals surface area (Å²) in [6, 6.07) is 3.58. The van der Waals surface area contributed by atoms with E-state index in [9.17, 15) is 4.79 Å². The van der Waals surface area contributed by atoms with Crippen LogP contribution in [0.4, 0.5) is 0 Å². The van der Waals surface area contributed by atoms with Crippen molar-refractivity contribution in [3.05, 3.63) is 24.0 Å². The molecular formula is C9H12N2O2. The van der Waals surface area contributed by atoms with Crippen LogP contribution in [0.25, 0.3) is 0 Å². The summed E-state index contributed by atoms with van der Waals surface area (Å²) in [4.78, 5) is 11.3. The number of hydrogen-bond acceptors (Lipinski definition) is 3. The lowest BCUT2D eigenvalue weighted by Gasteiger charge is -2.24. The summed E-state index contributed by atoms with van der Waals surface area (Å²) in [5.74, 6) is -0.223. The lowest BCUT2D eigenvalue weighted by molar-refractivity contribution is -0.143. The Morgan fingerprint density at radius 1 is 1.77 bits per heavy atom. The fourth-order valence-electron chi connectivity index (χ4n) is 1.65. The zero-order valence-corrected chi connectivity index (χ0v) is 7.49. The number of ether oxygens (including phenoxy) is 1. The van der Waals surface area contributed by atoms with E-state index in [1.807, 2.05) is 18.3 Å². The molecule has 0 fully saturated rings. The topological polar surface area (TPSA) is 43.3 Å². The average Bonchev–Trinajstić information content (AvgIpc) is 2.63. The van der Waals surface area contributed by atoms with Crippen molar-refractivity contribution >= 4 is 5.97 Å². The molecule has 0 spiro atoms. The van der Waals surface area contributed by atoms with Crippen molar-refractivity contribution in [1.29, 1.82) is 0 Å². The van der Waals surface area contributed by atoms with Gasteiger partial charge < -0.3 is 9.30 Å². The van der Waals surface area contributed by atoms with Crippen LogP contribution in [0.5, 0.6) is 0 Å². The summed E-state index contributed by atoms with van der Waals surface area (Å²) in [7, 11) is 1.41. The molecule has 4 nitrogen and oxygen atoms in total. The molecule has 2 heterocycles. The van der Waals surface area contributed by atoms with Crippen molar-refractivity contribution in [1.82, 2.24) is 9.88 Å². The Morgan fingerprint density at radius 2 is 2.62 bits per heavy atom. The van der Waals surface area contributed by atoms with Crippen LogP contribution in [0, 0.1) is 0 Å². The number of hydrogen-bond donors (Lipinski definition) is 1. The molecule has 1 atom stereocenters. The highest BCUT2D eigenvalue weighted by molar-refractivity contribution is 5.77. The van der Waals surface area contributed by atoms with Gasteiger partial charge in [0.25, 0.3) is 0 Å². The van der Waals surface area contributed by atoms with Crippen molar-refractivity contribution in [2.45, 2.75) is 12.6 Å². The SMILES string of the molecule is COC(=O)C1NCCn2cccc21. The van der Waals surface area contributed by atoms with Gasteiger partial charge in [0.1, 0.15) is 6.04 Å². The summed E-state index contributed by atoms with van der Waals surface area (Å²) in [6.45, 7) is 1.72. The largest absolute Gasteiger partial charge is 0.468 e. The fourth-order valence-corrected chi connectivity index (χ4v) is 1.65. The number of fused-ring (bicyclic) bond motifs is 1. The molecule has 0 bridgehead atoms. The second-order valence-corrected chi connectivity index (χ2v) is 3.04. The number of carbonyl (C=O) groups excluding carboxylic acids is 1. The maximum absolute atomic E-state index is 11.3. The summed E-state index contributed by atoms with van der Waals surface area (Å²) < 4.78 is 6.77. The monoisotopic (exact) mass is 180 g/mol. The minimum Gasteiger partial charge on any atom is -0.468 e. The van der Waals surface area contributed by atoms with Crippen molar-refractivity contribution < 1.29 is 9.53 Å². The van der Waals surface area contributed by atoms with Gasteiger partial charge in [-0.2, -0.15) is 0 Å². The van der Waals surface area contributed by atoms with Crippen LogP contribution in [0.3, 0.4) is 0 Å². The third-order valence-electron chi connectivity index (χ3n) is 2.30. The van der Waals surface area contributed by atoms with Gasteiger partial charge in [0, 0.05) is 25.0 Å². The van der Waals surface area contributed by atoms with E-state index in [-0.39, 0.29) is 12.0 Å². The lowest BCUT2D eigenvalue weighted by Crippen LogP contribution is -2.38. The minimum atomic E-state index is -0.297. The quantitative estimate of drug-likeness (QED) is 0.632. The number of carbonyl (C=O) groups is 1. The van der Waals surface area contributed by atoms with Crippen LogP contribution in [0.15, 0.2) is 18.3 Å². The van der Waals surface area contributed by atoms with E-state index in [2.05, 4.69) is 9.88 Å². The Balaban J connectivity index is 2.30. The van der Waals surface area contributed by atoms with Crippen molar-refractivity contribution in [3.8, 4) is 0 Å².